The van der Waals surface area contributed by atoms with Gasteiger partial charge < -0.3 is 109 Å². The lowest BCUT2D eigenvalue weighted by Crippen LogP contribution is -2.61. The Morgan fingerprint density at radius 3 is 1.01 bits per heavy atom. The van der Waals surface area contributed by atoms with E-state index >= 15 is 0 Å². The summed E-state index contributed by atoms with van der Waals surface area (Å²) in [4.78, 5) is 25.6. The van der Waals surface area contributed by atoms with Gasteiger partial charge in [0.05, 0.1) is 26.4 Å². The van der Waals surface area contributed by atoms with E-state index < -0.39 is 161 Å². The van der Waals surface area contributed by atoms with Crippen LogP contribution >= 0.6 is 0 Å². The third-order valence-electron chi connectivity index (χ3n) is 11.2. The van der Waals surface area contributed by atoms with Gasteiger partial charge in [0.2, 0.25) is 12.6 Å². The molecular weight excluding hydrogens is 912 g/mol. The third kappa shape index (κ3) is 14.9. The molecule has 0 saturated carbocycles. The summed E-state index contributed by atoms with van der Waals surface area (Å²) in [5.41, 5.74) is 1.68. The number of allylic oxidation sites excluding steroid dienone is 12. The Bertz CT molecular complexity index is 1730. The molecule has 4 fully saturated rings. The van der Waals surface area contributed by atoms with Crippen molar-refractivity contribution >= 4 is 11.9 Å². The highest BCUT2D eigenvalue weighted by molar-refractivity contribution is 5.88. The first kappa shape index (κ1) is 56.9. The highest BCUT2D eigenvalue weighted by Crippen LogP contribution is 2.28. The molecule has 0 aromatic carbocycles. The minimum Gasteiger partial charge on any atom is -0.429 e. The summed E-state index contributed by atoms with van der Waals surface area (Å²) in [6, 6.07) is 0. The van der Waals surface area contributed by atoms with Crippen molar-refractivity contribution in [2.24, 2.45) is 0 Å². The minimum absolute atomic E-state index is 0.0726. The minimum atomic E-state index is -1.86. The Kier molecular flexibility index (Phi) is 22.2. The van der Waals surface area contributed by atoms with Gasteiger partial charge >= 0.3 is 11.9 Å². The van der Waals surface area contributed by atoms with Crippen LogP contribution in [0.1, 0.15) is 27.7 Å². The molecule has 0 spiro atoms. The number of hydrogen-bond donors (Lipinski definition) is 14. The summed E-state index contributed by atoms with van der Waals surface area (Å²) >= 11 is 0. The zero-order valence-electron chi connectivity index (χ0n) is 37.5. The molecule has 4 saturated heterocycles. The Labute approximate surface area is 390 Å². The summed E-state index contributed by atoms with van der Waals surface area (Å²) in [6.07, 6.45) is -16.8. The van der Waals surface area contributed by atoms with Crippen molar-refractivity contribution in [1.82, 2.24) is 0 Å². The van der Waals surface area contributed by atoms with Crippen molar-refractivity contribution in [1.29, 1.82) is 0 Å². The number of hydrogen-bond acceptors (Lipinski definition) is 24. The Morgan fingerprint density at radius 2 is 0.691 bits per heavy atom. The monoisotopic (exact) mass is 976 g/mol. The van der Waals surface area contributed by atoms with Gasteiger partial charge in [-0.05, 0) is 27.7 Å². The first-order chi connectivity index (χ1) is 32.1. The summed E-state index contributed by atoms with van der Waals surface area (Å²) in [7, 11) is 0. The number of ether oxygens (including phenoxy) is 8. The van der Waals surface area contributed by atoms with E-state index in [1.807, 2.05) is 0 Å². The average Bonchev–Trinajstić information content (AvgIpc) is 3.31. The molecule has 384 valence electrons. The molecule has 4 heterocycles. The number of carbonyl (C=O) groups is 2. The van der Waals surface area contributed by atoms with Gasteiger partial charge in [-0.15, -0.1) is 0 Å². The number of carbonyl (C=O) groups excluding carboxylic acids is 2. The second kappa shape index (κ2) is 26.5. The van der Waals surface area contributed by atoms with E-state index in [1.54, 1.807) is 62.5 Å². The maximum Gasteiger partial charge on any atom is 0.336 e. The lowest BCUT2D eigenvalue weighted by atomic mass is 9.98. The van der Waals surface area contributed by atoms with Gasteiger partial charge in [-0.25, -0.2) is 9.59 Å². The van der Waals surface area contributed by atoms with Crippen LogP contribution in [-0.4, -0.2) is 233 Å². The first-order valence-electron chi connectivity index (χ1n) is 21.5. The van der Waals surface area contributed by atoms with Crippen molar-refractivity contribution in [3.63, 3.8) is 0 Å². The Balaban J connectivity index is 1.23. The smallest absolute Gasteiger partial charge is 0.336 e. The van der Waals surface area contributed by atoms with Crippen LogP contribution in [0.4, 0.5) is 0 Å². The van der Waals surface area contributed by atoms with Crippen molar-refractivity contribution in [2.75, 3.05) is 26.4 Å². The normalized spacial score (nSPS) is 40.3. The van der Waals surface area contributed by atoms with Crippen LogP contribution in [0, 0.1) is 0 Å². The molecule has 20 atom stereocenters. The van der Waals surface area contributed by atoms with Crippen molar-refractivity contribution in [3.8, 4) is 0 Å². The number of aliphatic hydroxyl groups is 14. The van der Waals surface area contributed by atoms with Crippen LogP contribution in [0.25, 0.3) is 0 Å². The van der Waals surface area contributed by atoms with E-state index in [0.29, 0.717) is 0 Å². The maximum atomic E-state index is 12.8. The number of aliphatic hydroxyl groups excluding tert-OH is 14. The van der Waals surface area contributed by atoms with Crippen molar-refractivity contribution in [3.05, 3.63) is 83.1 Å². The van der Waals surface area contributed by atoms with Crippen molar-refractivity contribution in [2.45, 2.75) is 151 Å². The predicted molar refractivity (Wildman–Crippen MR) is 227 cm³/mol. The molecule has 24 nitrogen and oxygen atoms in total. The van der Waals surface area contributed by atoms with Crippen LogP contribution in [0.3, 0.4) is 0 Å². The number of rotatable bonds is 18. The van der Waals surface area contributed by atoms with Gasteiger partial charge in [-0.3, -0.25) is 0 Å². The molecule has 0 radical (unpaired) electrons. The molecule has 0 bridgehead atoms. The quantitative estimate of drug-likeness (QED) is 0.0347. The molecule has 0 aromatic rings. The Morgan fingerprint density at radius 1 is 0.397 bits per heavy atom. The Hall–Kier alpha value is -3.68. The van der Waals surface area contributed by atoms with Crippen LogP contribution < -0.4 is 0 Å². The second-order valence-electron chi connectivity index (χ2n) is 16.5. The van der Waals surface area contributed by atoms with E-state index in [0.717, 1.165) is 11.1 Å². The average molecular weight is 977 g/mol. The highest BCUT2D eigenvalue weighted by atomic mass is 16.8. The fourth-order valence-corrected chi connectivity index (χ4v) is 6.84. The molecule has 4 aliphatic rings. The molecule has 20 unspecified atom stereocenters. The largest absolute Gasteiger partial charge is 0.429 e. The highest BCUT2D eigenvalue weighted by Gasteiger charge is 2.50. The van der Waals surface area contributed by atoms with E-state index in [-0.39, 0.29) is 11.1 Å². The molecule has 14 N–H and O–H groups in total. The van der Waals surface area contributed by atoms with E-state index in [1.165, 1.54) is 26.0 Å². The van der Waals surface area contributed by atoms with E-state index in [2.05, 4.69) is 0 Å². The van der Waals surface area contributed by atoms with Crippen LogP contribution in [0.2, 0.25) is 0 Å². The lowest BCUT2D eigenvalue weighted by Gasteiger charge is -2.42. The molecule has 0 aromatic heterocycles. The molecule has 4 rings (SSSR count). The fraction of sp³-hybridized carbons (Fsp3) is 0.636. The molecule has 68 heavy (non-hydrogen) atoms. The second-order valence-corrected chi connectivity index (χ2v) is 16.5. The van der Waals surface area contributed by atoms with Crippen LogP contribution in [0.15, 0.2) is 83.1 Å². The number of esters is 2. The van der Waals surface area contributed by atoms with Crippen molar-refractivity contribution < 1.29 is 119 Å². The van der Waals surface area contributed by atoms with Gasteiger partial charge in [-0.2, -0.15) is 0 Å². The van der Waals surface area contributed by atoms with Gasteiger partial charge in [0.15, 0.2) is 12.6 Å². The standard InChI is InChI=1S/C44H64O24/c1-19(11-7-13-21(3)39(59)67-43-37(57)33(53)29(49)25(65-43)17-61-41-35(55)31(51)27(47)23(15-45)63-41)9-5-6-10-20(2)12-8-14-22(4)40(60)68-44-38(58)34(54)30(50)26(66-44)18-62-42-36(56)32(52)28(48)24(16-46)64-42/h5-14,23-38,41-58H,15-18H2,1-4H3/b6-5+,11-7+,12-8?,19-9+,20-10?,21-13+,22-14?. The van der Waals surface area contributed by atoms with Gasteiger partial charge in [-0.1, -0.05) is 71.9 Å². The van der Waals surface area contributed by atoms with E-state index in [4.69, 9.17) is 37.9 Å². The fourth-order valence-electron chi connectivity index (χ4n) is 6.84. The SMILES string of the molecule is CC(C=CC=C(C)C(=O)OC1OC(COC2OC(CO)C(O)C(O)C2O)C(O)C(O)C1O)=C/C=C/C=C(C)/C=C/C=C(\C)C(=O)OC1OC(COC2OC(CO)C(O)C(O)C2O)C(O)C(O)C1O. The zero-order chi connectivity index (χ0) is 50.6. The van der Waals surface area contributed by atoms with Gasteiger partial charge in [0.25, 0.3) is 0 Å². The summed E-state index contributed by atoms with van der Waals surface area (Å²) in [5, 5.41) is 142. The molecule has 4 aliphatic heterocycles. The maximum absolute atomic E-state index is 12.8. The molecule has 24 heteroatoms. The topological polar surface area (TPSA) is 391 Å². The van der Waals surface area contributed by atoms with E-state index in [9.17, 15) is 81.1 Å². The lowest BCUT2D eigenvalue weighted by molar-refractivity contribution is -0.326. The van der Waals surface area contributed by atoms with Gasteiger partial charge in [0.1, 0.15) is 97.7 Å². The predicted octanol–water partition coefficient (Wildman–Crippen LogP) is -5.23. The summed E-state index contributed by atoms with van der Waals surface area (Å²) in [6.45, 7) is 3.80. The van der Waals surface area contributed by atoms with Gasteiger partial charge in [0, 0.05) is 11.1 Å². The van der Waals surface area contributed by atoms with Crippen LogP contribution in [0.5, 0.6) is 0 Å². The summed E-state index contributed by atoms with van der Waals surface area (Å²) < 4.78 is 42.7. The van der Waals surface area contributed by atoms with Crippen LogP contribution in [-0.2, 0) is 47.5 Å². The molecule has 0 amide bonds. The molecule has 0 aliphatic carbocycles. The zero-order valence-corrected chi connectivity index (χ0v) is 37.5. The molecular formula is C44H64O24. The summed E-state index contributed by atoms with van der Waals surface area (Å²) in [5.74, 6) is -1.86. The third-order valence-corrected chi connectivity index (χ3v) is 11.2. The first-order valence-corrected chi connectivity index (χ1v) is 21.5.